The maximum atomic E-state index is 5.01. The van der Waals surface area contributed by atoms with Crippen LogP contribution in [0.5, 0.6) is 0 Å². The van der Waals surface area contributed by atoms with Crippen molar-refractivity contribution in [3.05, 3.63) is 90.5 Å². The summed E-state index contributed by atoms with van der Waals surface area (Å²) >= 11 is 1.87. The largest absolute Gasteiger partial charge is 0.384 e. The second-order valence-corrected chi connectivity index (χ2v) is 10.2. The van der Waals surface area contributed by atoms with Crippen molar-refractivity contribution in [2.75, 3.05) is 25.0 Å². The Morgan fingerprint density at radius 1 is 0.941 bits per heavy atom. The molecule has 1 aliphatic rings. The third-order valence-corrected chi connectivity index (χ3v) is 7.66. The van der Waals surface area contributed by atoms with Crippen LogP contribution in [0.2, 0.25) is 0 Å². The Morgan fingerprint density at radius 3 is 2.71 bits per heavy atom. The van der Waals surface area contributed by atoms with Gasteiger partial charge in [-0.15, -0.1) is 11.8 Å². The van der Waals surface area contributed by atoms with Crippen LogP contribution >= 0.6 is 11.8 Å². The number of rotatable bonds is 9. The smallest absolute Gasteiger partial charge is 0.0730 e. The topological polar surface area (TPSA) is 37.0 Å². The lowest BCUT2D eigenvalue weighted by atomic mass is 9.95. The highest BCUT2D eigenvalue weighted by Crippen LogP contribution is 2.31. The highest BCUT2D eigenvalue weighted by atomic mass is 32.2. The third-order valence-electron chi connectivity index (χ3n) is 6.60. The molecule has 1 aliphatic heterocycles. The predicted octanol–water partition coefficient (Wildman–Crippen LogP) is 7.39. The Labute approximate surface area is 207 Å². The second-order valence-electron chi connectivity index (χ2n) is 9.16. The van der Waals surface area contributed by atoms with E-state index in [1.165, 1.54) is 65.9 Å². The number of anilines is 1. The molecule has 1 fully saturated rings. The SMILES string of the molecule is c1ccc(CSc2cccc(-c3cc(NCCCC4CCCNC4)c4ccccc4n3)c2)cc1. The quantitative estimate of drug-likeness (QED) is 0.199. The van der Waals surface area contributed by atoms with Crippen molar-refractivity contribution in [1.82, 2.24) is 10.3 Å². The van der Waals surface area contributed by atoms with E-state index in [1.807, 2.05) is 11.8 Å². The minimum absolute atomic E-state index is 0.830. The average molecular weight is 468 g/mol. The number of hydrogen-bond donors (Lipinski definition) is 2. The number of aromatic nitrogens is 1. The van der Waals surface area contributed by atoms with Crippen molar-refractivity contribution in [3.8, 4) is 11.3 Å². The van der Waals surface area contributed by atoms with Crippen LogP contribution in [0.25, 0.3) is 22.2 Å². The first kappa shape index (κ1) is 22.9. The number of nitrogens with zero attached hydrogens (tertiary/aromatic N) is 1. The van der Waals surface area contributed by atoms with Gasteiger partial charge in [-0.05, 0) is 74.5 Å². The van der Waals surface area contributed by atoms with E-state index in [9.17, 15) is 0 Å². The fourth-order valence-corrected chi connectivity index (χ4v) is 5.65. The maximum absolute atomic E-state index is 5.01. The first-order valence-corrected chi connectivity index (χ1v) is 13.5. The summed E-state index contributed by atoms with van der Waals surface area (Å²) in [6, 6.07) is 30.1. The molecule has 0 radical (unpaired) electrons. The Hall–Kier alpha value is -2.82. The van der Waals surface area contributed by atoms with Gasteiger partial charge in [0.05, 0.1) is 11.2 Å². The Bertz CT molecular complexity index is 1200. The van der Waals surface area contributed by atoms with E-state index in [2.05, 4.69) is 95.6 Å². The molecular weight excluding hydrogens is 434 g/mol. The van der Waals surface area contributed by atoms with Gasteiger partial charge in [0.25, 0.3) is 0 Å². The number of nitrogens with one attached hydrogen (secondary N) is 2. The van der Waals surface area contributed by atoms with Crippen molar-refractivity contribution in [1.29, 1.82) is 0 Å². The van der Waals surface area contributed by atoms with Gasteiger partial charge in [-0.2, -0.15) is 0 Å². The summed E-state index contributed by atoms with van der Waals surface area (Å²) in [6.45, 7) is 3.37. The molecule has 5 rings (SSSR count). The number of para-hydroxylation sites is 1. The van der Waals surface area contributed by atoms with Crippen LogP contribution in [0.1, 0.15) is 31.2 Å². The van der Waals surface area contributed by atoms with Crippen LogP contribution in [0, 0.1) is 5.92 Å². The highest BCUT2D eigenvalue weighted by Gasteiger charge is 2.13. The van der Waals surface area contributed by atoms with Gasteiger partial charge in [0.15, 0.2) is 0 Å². The van der Waals surface area contributed by atoms with Crippen LogP contribution < -0.4 is 10.6 Å². The lowest BCUT2D eigenvalue weighted by Crippen LogP contribution is -2.29. The summed E-state index contributed by atoms with van der Waals surface area (Å²) in [7, 11) is 0. The van der Waals surface area contributed by atoms with E-state index in [4.69, 9.17) is 4.98 Å². The van der Waals surface area contributed by atoms with Gasteiger partial charge in [0.1, 0.15) is 0 Å². The van der Waals surface area contributed by atoms with E-state index >= 15 is 0 Å². The molecule has 2 N–H and O–H groups in total. The molecule has 1 unspecified atom stereocenters. The fourth-order valence-electron chi connectivity index (χ4n) is 4.74. The number of fused-ring (bicyclic) bond motifs is 1. The molecular formula is C30H33N3S. The summed E-state index contributed by atoms with van der Waals surface area (Å²) in [5, 5.41) is 8.46. The van der Waals surface area contributed by atoms with Crippen LogP contribution in [0.15, 0.2) is 89.8 Å². The summed E-state index contributed by atoms with van der Waals surface area (Å²) in [6.07, 6.45) is 5.17. The maximum Gasteiger partial charge on any atom is 0.0730 e. The van der Waals surface area contributed by atoms with Crippen LogP contribution in [-0.2, 0) is 5.75 Å². The average Bonchev–Trinajstić information content (AvgIpc) is 2.91. The second kappa shape index (κ2) is 11.5. The lowest BCUT2D eigenvalue weighted by Gasteiger charge is -2.22. The van der Waals surface area contributed by atoms with Gasteiger partial charge in [-0.25, -0.2) is 4.98 Å². The molecule has 0 spiro atoms. The van der Waals surface area contributed by atoms with Gasteiger partial charge in [-0.1, -0.05) is 60.7 Å². The fraction of sp³-hybridized carbons (Fsp3) is 0.300. The normalized spacial score (nSPS) is 15.9. The zero-order valence-corrected chi connectivity index (χ0v) is 20.5. The zero-order chi connectivity index (χ0) is 23.0. The van der Waals surface area contributed by atoms with E-state index in [-0.39, 0.29) is 0 Å². The first-order valence-electron chi connectivity index (χ1n) is 12.5. The monoisotopic (exact) mass is 467 g/mol. The molecule has 1 atom stereocenters. The van der Waals surface area contributed by atoms with Crippen LogP contribution in [-0.4, -0.2) is 24.6 Å². The van der Waals surface area contributed by atoms with Crippen molar-refractivity contribution >= 4 is 28.4 Å². The summed E-state index contributed by atoms with van der Waals surface area (Å²) in [5.41, 5.74) is 5.77. The Balaban J connectivity index is 1.31. The zero-order valence-electron chi connectivity index (χ0n) is 19.7. The molecule has 1 aromatic heterocycles. The third kappa shape index (κ3) is 5.99. The minimum Gasteiger partial charge on any atom is -0.384 e. The number of pyridine rings is 1. The van der Waals surface area contributed by atoms with E-state index in [1.54, 1.807) is 0 Å². The van der Waals surface area contributed by atoms with Gasteiger partial charge < -0.3 is 10.6 Å². The highest BCUT2D eigenvalue weighted by molar-refractivity contribution is 7.98. The molecule has 0 saturated carbocycles. The summed E-state index contributed by atoms with van der Waals surface area (Å²) in [4.78, 5) is 6.28. The molecule has 3 nitrogen and oxygen atoms in total. The molecule has 34 heavy (non-hydrogen) atoms. The number of hydrogen-bond acceptors (Lipinski definition) is 4. The molecule has 1 saturated heterocycles. The summed E-state index contributed by atoms with van der Waals surface area (Å²) < 4.78 is 0. The van der Waals surface area contributed by atoms with Crippen molar-refractivity contribution in [3.63, 3.8) is 0 Å². The first-order chi connectivity index (χ1) is 16.8. The van der Waals surface area contributed by atoms with Crippen LogP contribution in [0.4, 0.5) is 5.69 Å². The molecule has 0 amide bonds. The van der Waals surface area contributed by atoms with Crippen molar-refractivity contribution in [2.24, 2.45) is 5.92 Å². The molecule has 0 bridgehead atoms. The molecule has 174 valence electrons. The Morgan fingerprint density at radius 2 is 1.82 bits per heavy atom. The molecule has 0 aliphatic carbocycles. The van der Waals surface area contributed by atoms with Gasteiger partial charge >= 0.3 is 0 Å². The molecule has 4 heteroatoms. The predicted molar refractivity (Wildman–Crippen MR) is 146 cm³/mol. The van der Waals surface area contributed by atoms with E-state index in [0.29, 0.717) is 0 Å². The molecule has 3 aromatic carbocycles. The van der Waals surface area contributed by atoms with E-state index in [0.717, 1.165) is 29.4 Å². The van der Waals surface area contributed by atoms with Gasteiger partial charge in [0, 0.05) is 33.8 Å². The van der Waals surface area contributed by atoms with Gasteiger partial charge in [-0.3, -0.25) is 0 Å². The molecule has 2 heterocycles. The number of thioether (sulfide) groups is 1. The van der Waals surface area contributed by atoms with Gasteiger partial charge in [0.2, 0.25) is 0 Å². The lowest BCUT2D eigenvalue weighted by molar-refractivity contribution is 0.353. The summed E-state index contributed by atoms with van der Waals surface area (Å²) in [5.74, 6) is 1.80. The van der Waals surface area contributed by atoms with E-state index < -0.39 is 0 Å². The van der Waals surface area contributed by atoms with Crippen molar-refractivity contribution < 1.29 is 0 Å². The standard InChI is InChI=1S/C30H33N3S/c1-2-9-24(10-3-1)22-34-26-14-6-13-25(19-26)29-20-30(27-15-4-5-16-28(27)33-29)32-18-8-12-23-11-7-17-31-21-23/h1-6,9-10,13-16,19-20,23,31H,7-8,11-12,17-18,21-22H2,(H,32,33). The molecule has 4 aromatic rings. The number of benzene rings is 3. The Kier molecular flexibility index (Phi) is 7.79. The van der Waals surface area contributed by atoms with Crippen LogP contribution in [0.3, 0.4) is 0 Å². The number of piperidine rings is 1. The van der Waals surface area contributed by atoms with Crippen molar-refractivity contribution in [2.45, 2.75) is 36.3 Å². The minimum atomic E-state index is 0.830.